The van der Waals surface area contributed by atoms with E-state index in [1.807, 2.05) is 0 Å². The SMILES string of the molecule is O=C(O)CCC(=O)N1CCC(O)C1. The van der Waals surface area contributed by atoms with Crippen molar-refractivity contribution in [1.29, 1.82) is 0 Å². The summed E-state index contributed by atoms with van der Waals surface area (Å²) in [5.41, 5.74) is 0. The number of carbonyl (C=O) groups excluding carboxylic acids is 1. The van der Waals surface area contributed by atoms with Crippen molar-refractivity contribution < 1.29 is 19.8 Å². The van der Waals surface area contributed by atoms with Gasteiger partial charge in [0.15, 0.2) is 0 Å². The van der Waals surface area contributed by atoms with Crippen LogP contribution in [0.25, 0.3) is 0 Å². The second-order valence-corrected chi connectivity index (χ2v) is 3.18. The molecule has 0 aromatic carbocycles. The number of likely N-dealkylation sites (tertiary alicyclic amines) is 1. The lowest BCUT2D eigenvalue weighted by Crippen LogP contribution is -2.29. The number of carboxylic acids is 1. The molecule has 1 saturated heterocycles. The lowest BCUT2D eigenvalue weighted by molar-refractivity contribution is -0.140. The third-order valence-electron chi connectivity index (χ3n) is 2.07. The molecule has 74 valence electrons. The molecule has 0 aromatic heterocycles. The zero-order valence-corrected chi connectivity index (χ0v) is 7.27. The third kappa shape index (κ3) is 3.02. The number of carboxylic acid groups (broad SMARTS) is 1. The molecule has 5 heteroatoms. The summed E-state index contributed by atoms with van der Waals surface area (Å²) in [5, 5.41) is 17.5. The number of aliphatic hydroxyl groups excluding tert-OH is 1. The van der Waals surface area contributed by atoms with Crippen LogP contribution in [0.2, 0.25) is 0 Å². The van der Waals surface area contributed by atoms with Crippen LogP contribution in [0.1, 0.15) is 19.3 Å². The Bertz CT molecular complexity index is 216. The summed E-state index contributed by atoms with van der Waals surface area (Å²) in [7, 11) is 0. The van der Waals surface area contributed by atoms with Crippen LogP contribution < -0.4 is 0 Å². The number of rotatable bonds is 3. The molecule has 1 amide bonds. The molecule has 0 bridgehead atoms. The van der Waals surface area contributed by atoms with Crippen molar-refractivity contribution in [3.8, 4) is 0 Å². The first-order valence-corrected chi connectivity index (χ1v) is 4.27. The van der Waals surface area contributed by atoms with Crippen molar-refractivity contribution in [3.05, 3.63) is 0 Å². The van der Waals surface area contributed by atoms with Crippen molar-refractivity contribution in [3.63, 3.8) is 0 Å². The highest BCUT2D eigenvalue weighted by Gasteiger charge is 2.24. The first kappa shape index (κ1) is 9.98. The molecule has 1 unspecified atom stereocenters. The fraction of sp³-hybridized carbons (Fsp3) is 0.750. The Morgan fingerprint density at radius 2 is 2.08 bits per heavy atom. The molecule has 5 nitrogen and oxygen atoms in total. The standard InChI is InChI=1S/C8H13NO4/c10-6-3-4-9(5-6)7(11)1-2-8(12)13/h6,10H,1-5H2,(H,12,13). The fourth-order valence-electron chi connectivity index (χ4n) is 1.34. The average molecular weight is 187 g/mol. The van der Waals surface area contributed by atoms with Gasteiger partial charge >= 0.3 is 5.97 Å². The summed E-state index contributed by atoms with van der Waals surface area (Å²) < 4.78 is 0. The van der Waals surface area contributed by atoms with E-state index in [9.17, 15) is 9.59 Å². The molecule has 0 saturated carbocycles. The third-order valence-corrected chi connectivity index (χ3v) is 2.07. The number of amides is 1. The summed E-state index contributed by atoms with van der Waals surface area (Å²) in [6.07, 6.45) is 0.0560. The van der Waals surface area contributed by atoms with Gasteiger partial charge in [-0.25, -0.2) is 0 Å². The Morgan fingerprint density at radius 1 is 1.38 bits per heavy atom. The second kappa shape index (κ2) is 4.23. The van der Waals surface area contributed by atoms with Crippen LogP contribution in [0.3, 0.4) is 0 Å². The van der Waals surface area contributed by atoms with Crippen LogP contribution >= 0.6 is 0 Å². The molecule has 0 aromatic rings. The summed E-state index contributed by atoms with van der Waals surface area (Å²) in [4.78, 5) is 22.9. The molecule has 1 aliphatic heterocycles. The predicted molar refractivity (Wildman–Crippen MR) is 44.1 cm³/mol. The summed E-state index contributed by atoms with van der Waals surface area (Å²) in [6, 6.07) is 0. The monoisotopic (exact) mass is 187 g/mol. The van der Waals surface area contributed by atoms with Gasteiger partial charge in [-0.2, -0.15) is 0 Å². The maximum absolute atomic E-state index is 11.2. The van der Waals surface area contributed by atoms with Gasteiger partial charge in [0.25, 0.3) is 0 Å². The summed E-state index contributed by atoms with van der Waals surface area (Å²) in [6.45, 7) is 0.887. The Morgan fingerprint density at radius 3 is 2.54 bits per heavy atom. The molecule has 0 spiro atoms. The normalized spacial score (nSPS) is 21.9. The highest BCUT2D eigenvalue weighted by atomic mass is 16.4. The molecular formula is C8H13NO4. The lowest BCUT2D eigenvalue weighted by atomic mass is 10.3. The molecule has 1 atom stereocenters. The van der Waals surface area contributed by atoms with E-state index in [1.54, 1.807) is 0 Å². The molecule has 0 radical (unpaired) electrons. The van der Waals surface area contributed by atoms with Crippen LogP contribution in [-0.4, -0.2) is 46.2 Å². The Labute approximate surface area is 76.0 Å². The van der Waals surface area contributed by atoms with Crippen LogP contribution in [-0.2, 0) is 9.59 Å². The second-order valence-electron chi connectivity index (χ2n) is 3.18. The van der Waals surface area contributed by atoms with Crippen LogP contribution in [0.4, 0.5) is 0 Å². The van der Waals surface area contributed by atoms with Crippen molar-refractivity contribution in [2.24, 2.45) is 0 Å². The van der Waals surface area contributed by atoms with Gasteiger partial charge in [0.05, 0.1) is 12.5 Å². The predicted octanol–water partition coefficient (Wildman–Crippen LogP) is -0.556. The van der Waals surface area contributed by atoms with Crippen LogP contribution in [0.5, 0.6) is 0 Å². The van der Waals surface area contributed by atoms with Gasteiger partial charge in [0, 0.05) is 19.5 Å². The fourth-order valence-corrected chi connectivity index (χ4v) is 1.34. The first-order chi connectivity index (χ1) is 6.09. The largest absolute Gasteiger partial charge is 0.481 e. The van der Waals surface area contributed by atoms with Crippen LogP contribution in [0.15, 0.2) is 0 Å². The summed E-state index contributed by atoms with van der Waals surface area (Å²) >= 11 is 0. The molecule has 1 aliphatic rings. The maximum atomic E-state index is 11.2. The molecule has 1 rings (SSSR count). The van der Waals surface area contributed by atoms with Gasteiger partial charge in [0.1, 0.15) is 0 Å². The van der Waals surface area contributed by atoms with E-state index in [-0.39, 0.29) is 18.7 Å². The van der Waals surface area contributed by atoms with E-state index in [0.29, 0.717) is 19.5 Å². The van der Waals surface area contributed by atoms with E-state index in [1.165, 1.54) is 4.90 Å². The van der Waals surface area contributed by atoms with Gasteiger partial charge < -0.3 is 15.1 Å². The highest BCUT2D eigenvalue weighted by molar-refractivity contribution is 5.80. The minimum atomic E-state index is -0.965. The van der Waals surface area contributed by atoms with E-state index in [0.717, 1.165) is 0 Å². The molecule has 1 heterocycles. The van der Waals surface area contributed by atoms with E-state index >= 15 is 0 Å². The zero-order valence-electron chi connectivity index (χ0n) is 7.27. The van der Waals surface area contributed by atoms with Gasteiger partial charge in [-0.1, -0.05) is 0 Å². The number of nitrogens with zero attached hydrogens (tertiary/aromatic N) is 1. The average Bonchev–Trinajstić information content (AvgIpc) is 2.47. The van der Waals surface area contributed by atoms with Crippen molar-refractivity contribution in [1.82, 2.24) is 4.90 Å². The number of β-amino-alcohol motifs (C(OH)–C–C–N with tert-alkyl or cyclic N) is 1. The Hall–Kier alpha value is -1.10. The van der Waals surface area contributed by atoms with Gasteiger partial charge in [0.2, 0.25) is 5.91 Å². The molecule has 2 N–H and O–H groups in total. The van der Waals surface area contributed by atoms with E-state index < -0.39 is 12.1 Å². The molecule has 1 fully saturated rings. The molecule has 0 aliphatic carbocycles. The number of aliphatic hydroxyl groups is 1. The first-order valence-electron chi connectivity index (χ1n) is 4.27. The van der Waals surface area contributed by atoms with Gasteiger partial charge in [-0.3, -0.25) is 9.59 Å². The Kier molecular flexibility index (Phi) is 3.25. The summed E-state index contributed by atoms with van der Waals surface area (Å²) in [5.74, 6) is -1.15. The quantitative estimate of drug-likeness (QED) is 0.621. The van der Waals surface area contributed by atoms with Crippen LogP contribution in [0, 0.1) is 0 Å². The maximum Gasteiger partial charge on any atom is 0.303 e. The van der Waals surface area contributed by atoms with Gasteiger partial charge in [-0.15, -0.1) is 0 Å². The highest BCUT2D eigenvalue weighted by Crippen LogP contribution is 2.10. The van der Waals surface area contributed by atoms with E-state index in [2.05, 4.69) is 0 Å². The minimum absolute atomic E-state index is 0.0298. The van der Waals surface area contributed by atoms with Crippen molar-refractivity contribution in [2.75, 3.05) is 13.1 Å². The van der Waals surface area contributed by atoms with E-state index in [4.69, 9.17) is 10.2 Å². The number of hydrogen-bond acceptors (Lipinski definition) is 3. The lowest BCUT2D eigenvalue weighted by Gasteiger charge is -2.14. The van der Waals surface area contributed by atoms with Crippen molar-refractivity contribution in [2.45, 2.75) is 25.4 Å². The van der Waals surface area contributed by atoms with Crippen molar-refractivity contribution >= 4 is 11.9 Å². The number of carbonyl (C=O) groups is 2. The molecular weight excluding hydrogens is 174 g/mol. The minimum Gasteiger partial charge on any atom is -0.481 e. The zero-order chi connectivity index (χ0) is 9.84. The Balaban J connectivity index is 2.27. The number of aliphatic carboxylic acids is 1. The smallest absolute Gasteiger partial charge is 0.303 e. The molecule has 13 heavy (non-hydrogen) atoms. The van der Waals surface area contributed by atoms with Gasteiger partial charge in [-0.05, 0) is 6.42 Å². The number of hydrogen-bond donors (Lipinski definition) is 2. The topological polar surface area (TPSA) is 77.8 Å².